The van der Waals surface area contributed by atoms with Crippen LogP contribution in [-0.4, -0.2) is 7.18 Å². The van der Waals surface area contributed by atoms with Gasteiger partial charge in [0, 0.05) is 0 Å². The Labute approximate surface area is 106 Å². The molecule has 0 aromatic heterocycles. The fraction of sp³-hybridized carbons (Fsp3) is 0.625. The summed E-state index contributed by atoms with van der Waals surface area (Å²) in [6, 6.07) is 2.38. The second-order valence-electron chi connectivity index (χ2n) is 5.57. The zero-order valence-corrected chi connectivity index (χ0v) is 12.7. The van der Waals surface area contributed by atoms with Crippen LogP contribution in [0.2, 0.25) is 0 Å². The summed E-state index contributed by atoms with van der Waals surface area (Å²) in [6.07, 6.45) is 1.14. The average Bonchev–Trinajstić information content (AvgIpc) is 2.25. The SMILES string of the molecule is CCc1c(C)cc(C(C)(C)C)c(C)c1C.CF. The van der Waals surface area contributed by atoms with Crippen molar-refractivity contribution in [2.75, 3.05) is 7.18 Å². The highest BCUT2D eigenvalue weighted by Crippen LogP contribution is 2.31. The van der Waals surface area contributed by atoms with Gasteiger partial charge in [0.2, 0.25) is 0 Å². The van der Waals surface area contributed by atoms with Gasteiger partial charge >= 0.3 is 0 Å². The molecule has 0 N–H and O–H groups in total. The van der Waals surface area contributed by atoms with Gasteiger partial charge in [0.1, 0.15) is 0 Å². The van der Waals surface area contributed by atoms with E-state index in [9.17, 15) is 4.39 Å². The van der Waals surface area contributed by atoms with Gasteiger partial charge in [-0.1, -0.05) is 33.8 Å². The third kappa shape index (κ3) is 3.55. The number of hydrogen-bond acceptors (Lipinski definition) is 0. The lowest BCUT2D eigenvalue weighted by Gasteiger charge is -2.25. The lowest BCUT2D eigenvalue weighted by molar-refractivity contribution is 0.584. The van der Waals surface area contributed by atoms with Gasteiger partial charge in [0.25, 0.3) is 0 Å². The van der Waals surface area contributed by atoms with Gasteiger partial charge in [0.05, 0.1) is 7.18 Å². The van der Waals surface area contributed by atoms with Crippen LogP contribution in [0.25, 0.3) is 0 Å². The smallest absolute Gasteiger partial charge is 0.0785 e. The van der Waals surface area contributed by atoms with E-state index in [4.69, 9.17) is 0 Å². The lowest BCUT2D eigenvalue weighted by Crippen LogP contribution is -2.15. The first-order valence-corrected chi connectivity index (χ1v) is 6.27. The fourth-order valence-electron chi connectivity index (χ4n) is 2.46. The molecule has 0 unspecified atom stereocenters. The Morgan fingerprint density at radius 1 is 1.00 bits per heavy atom. The van der Waals surface area contributed by atoms with Crippen molar-refractivity contribution >= 4 is 0 Å². The van der Waals surface area contributed by atoms with E-state index in [-0.39, 0.29) is 5.41 Å². The summed E-state index contributed by atoms with van der Waals surface area (Å²) in [4.78, 5) is 0. The van der Waals surface area contributed by atoms with E-state index in [0.717, 1.165) is 6.42 Å². The minimum absolute atomic E-state index is 0.256. The van der Waals surface area contributed by atoms with Gasteiger partial charge in [-0.3, -0.25) is 4.39 Å². The zero-order valence-electron chi connectivity index (χ0n) is 12.7. The Morgan fingerprint density at radius 3 is 1.82 bits per heavy atom. The maximum Gasteiger partial charge on any atom is 0.0785 e. The van der Waals surface area contributed by atoms with Crippen molar-refractivity contribution in [3.8, 4) is 0 Å². The van der Waals surface area contributed by atoms with Gasteiger partial charge in [0.15, 0.2) is 0 Å². The van der Waals surface area contributed by atoms with Gasteiger partial charge in [-0.2, -0.15) is 0 Å². The van der Waals surface area contributed by atoms with E-state index < -0.39 is 0 Å². The molecule has 0 saturated carbocycles. The molecule has 0 aliphatic rings. The summed E-state index contributed by atoms with van der Waals surface area (Å²) in [6.45, 7) is 15.9. The van der Waals surface area contributed by atoms with E-state index in [0.29, 0.717) is 7.18 Å². The highest BCUT2D eigenvalue weighted by atomic mass is 19.1. The van der Waals surface area contributed by atoms with Gasteiger partial charge in [-0.25, -0.2) is 0 Å². The largest absolute Gasteiger partial charge is 0.255 e. The molecule has 0 spiro atoms. The van der Waals surface area contributed by atoms with Crippen LogP contribution < -0.4 is 0 Å². The molecule has 1 rings (SSSR count). The summed E-state index contributed by atoms with van der Waals surface area (Å²) < 4.78 is 9.50. The van der Waals surface area contributed by atoms with E-state index in [1.54, 1.807) is 0 Å². The van der Waals surface area contributed by atoms with Crippen LogP contribution in [0.4, 0.5) is 4.39 Å². The van der Waals surface area contributed by atoms with Crippen LogP contribution in [-0.2, 0) is 11.8 Å². The number of aryl methyl sites for hydroxylation is 1. The van der Waals surface area contributed by atoms with E-state index in [1.807, 2.05) is 0 Å². The first kappa shape index (κ1) is 16.1. The zero-order chi connectivity index (χ0) is 13.8. The van der Waals surface area contributed by atoms with Crippen LogP contribution in [0.1, 0.15) is 55.5 Å². The van der Waals surface area contributed by atoms with Crippen molar-refractivity contribution in [1.29, 1.82) is 0 Å². The number of benzene rings is 1. The summed E-state index contributed by atoms with van der Waals surface area (Å²) in [5.74, 6) is 0. The molecule has 17 heavy (non-hydrogen) atoms. The van der Waals surface area contributed by atoms with Crippen LogP contribution in [0.3, 0.4) is 0 Å². The minimum atomic E-state index is 0.256. The third-order valence-electron chi connectivity index (χ3n) is 3.42. The molecule has 0 nitrogen and oxygen atoms in total. The van der Waals surface area contributed by atoms with Crippen molar-refractivity contribution in [3.63, 3.8) is 0 Å². The van der Waals surface area contributed by atoms with Crippen molar-refractivity contribution in [2.24, 2.45) is 0 Å². The highest BCUT2D eigenvalue weighted by Gasteiger charge is 2.19. The van der Waals surface area contributed by atoms with Crippen LogP contribution >= 0.6 is 0 Å². The van der Waals surface area contributed by atoms with Crippen molar-refractivity contribution in [1.82, 2.24) is 0 Å². The molecule has 0 fully saturated rings. The van der Waals surface area contributed by atoms with Crippen LogP contribution in [0, 0.1) is 20.8 Å². The predicted octanol–water partition coefficient (Wildman–Crippen LogP) is 5.06. The number of hydrogen-bond donors (Lipinski definition) is 0. The lowest BCUT2D eigenvalue weighted by atomic mass is 9.80. The second-order valence-corrected chi connectivity index (χ2v) is 5.57. The molecule has 1 aromatic rings. The Bertz CT molecular complexity index is 370. The Kier molecular flexibility index (Phi) is 5.87. The van der Waals surface area contributed by atoms with E-state index in [1.165, 1.54) is 27.8 Å². The molecule has 0 saturated heterocycles. The molecule has 0 atom stereocenters. The normalized spacial score (nSPS) is 10.9. The Hall–Kier alpha value is -0.850. The molecule has 0 aliphatic carbocycles. The Balaban J connectivity index is 0.00000121. The second kappa shape index (κ2) is 6.18. The molecule has 0 bridgehead atoms. The van der Waals surface area contributed by atoms with E-state index in [2.05, 4.69) is 54.5 Å². The maximum atomic E-state index is 9.50. The molecular weight excluding hydrogens is 211 g/mol. The molecule has 0 aliphatic heterocycles. The standard InChI is InChI=1S/C15H24.CH3F/c1-8-13-10(2)9-14(15(5,6)7)12(4)11(13)3;1-2/h9H,8H2,1-7H3;1H3. The van der Waals surface area contributed by atoms with Crippen molar-refractivity contribution in [2.45, 2.75) is 60.3 Å². The molecule has 1 aromatic carbocycles. The van der Waals surface area contributed by atoms with Crippen LogP contribution in [0.5, 0.6) is 0 Å². The predicted molar refractivity (Wildman–Crippen MR) is 75.8 cm³/mol. The number of halogens is 1. The fourth-order valence-corrected chi connectivity index (χ4v) is 2.46. The third-order valence-corrected chi connectivity index (χ3v) is 3.42. The molecule has 0 radical (unpaired) electrons. The summed E-state index contributed by atoms with van der Waals surface area (Å²) in [5.41, 5.74) is 7.69. The van der Waals surface area contributed by atoms with E-state index >= 15 is 0 Å². The molecule has 98 valence electrons. The van der Waals surface area contributed by atoms with Crippen molar-refractivity contribution < 1.29 is 4.39 Å². The monoisotopic (exact) mass is 238 g/mol. The van der Waals surface area contributed by atoms with Crippen molar-refractivity contribution in [3.05, 3.63) is 33.9 Å². The number of alkyl halides is 1. The minimum Gasteiger partial charge on any atom is -0.255 e. The first-order valence-electron chi connectivity index (χ1n) is 6.27. The maximum absolute atomic E-state index is 9.50. The van der Waals surface area contributed by atoms with Gasteiger partial charge < -0.3 is 0 Å². The molecular formula is C16H27F. The summed E-state index contributed by atoms with van der Waals surface area (Å²) >= 11 is 0. The average molecular weight is 238 g/mol. The van der Waals surface area contributed by atoms with Gasteiger partial charge in [-0.05, 0) is 60.4 Å². The topological polar surface area (TPSA) is 0 Å². The molecule has 0 heterocycles. The highest BCUT2D eigenvalue weighted by molar-refractivity contribution is 5.46. The summed E-state index contributed by atoms with van der Waals surface area (Å²) in [5, 5.41) is 0. The molecule has 0 amide bonds. The summed E-state index contributed by atoms with van der Waals surface area (Å²) in [7, 11) is 0.500. The quantitative estimate of drug-likeness (QED) is 0.641. The Morgan fingerprint density at radius 2 is 1.47 bits per heavy atom. The van der Waals surface area contributed by atoms with Crippen LogP contribution in [0.15, 0.2) is 6.07 Å². The molecule has 1 heteroatoms. The first-order chi connectivity index (χ1) is 7.79. The number of rotatable bonds is 1. The van der Waals surface area contributed by atoms with Gasteiger partial charge in [-0.15, -0.1) is 0 Å².